The molecule has 0 aliphatic carbocycles. The summed E-state index contributed by atoms with van der Waals surface area (Å²) in [6.07, 6.45) is 0.736. The van der Waals surface area contributed by atoms with E-state index in [0.717, 1.165) is 12.8 Å². The zero-order valence-electron chi connectivity index (χ0n) is 15.3. The molecule has 0 aromatic rings. The number of carboxylic acids is 1. The van der Waals surface area contributed by atoms with Gasteiger partial charge in [-0.25, -0.2) is 4.79 Å². The lowest BCUT2D eigenvalue weighted by Gasteiger charge is -2.22. The van der Waals surface area contributed by atoms with E-state index in [1.807, 2.05) is 6.92 Å². The molecular weight excluding hydrogens is 314 g/mol. The summed E-state index contributed by atoms with van der Waals surface area (Å²) >= 11 is 0. The molecule has 140 valence electrons. The predicted octanol–water partition coefficient (Wildman–Crippen LogP) is 3.18. The van der Waals surface area contributed by atoms with Gasteiger partial charge in [-0.15, -0.1) is 0 Å². The number of carbonyl (C=O) groups excluding carboxylic acids is 2. The smallest absolute Gasteiger partial charge is 0.410 e. The molecule has 3 atom stereocenters. The molecule has 0 rings (SSSR count). The summed E-state index contributed by atoms with van der Waals surface area (Å²) in [5.74, 6) is -1.29. The van der Waals surface area contributed by atoms with Gasteiger partial charge in [-0.1, -0.05) is 34.1 Å². The number of hydrogen-bond acceptors (Lipinski definition) is 5. The Bertz CT molecular complexity index is 410. The SMILES string of the molecule is CCC(=O)O[C@@H](C)OC(=O)NC[C@H](C[C@H](CC)CC(C)C)C(=O)O. The van der Waals surface area contributed by atoms with Crippen molar-refractivity contribution in [3.63, 3.8) is 0 Å². The number of rotatable bonds is 11. The Hall–Kier alpha value is -1.79. The Kier molecular flexibility index (Phi) is 10.8. The molecule has 0 fully saturated rings. The van der Waals surface area contributed by atoms with Crippen LogP contribution in [0.2, 0.25) is 0 Å². The molecule has 0 aliphatic heterocycles. The normalized spacial score (nSPS) is 14.6. The van der Waals surface area contributed by atoms with E-state index < -0.39 is 30.2 Å². The lowest BCUT2D eigenvalue weighted by atomic mass is 9.86. The third kappa shape index (κ3) is 10.1. The Morgan fingerprint density at radius 3 is 2.12 bits per heavy atom. The molecule has 0 aromatic carbocycles. The quantitative estimate of drug-likeness (QED) is 0.440. The highest BCUT2D eigenvalue weighted by molar-refractivity contribution is 5.73. The van der Waals surface area contributed by atoms with Crippen LogP contribution in [0.4, 0.5) is 4.79 Å². The third-order valence-corrected chi connectivity index (χ3v) is 3.70. The zero-order valence-corrected chi connectivity index (χ0v) is 15.3. The number of nitrogens with one attached hydrogen (secondary N) is 1. The number of carboxylic acid groups (broad SMARTS) is 1. The summed E-state index contributed by atoms with van der Waals surface area (Å²) < 4.78 is 9.67. The second kappa shape index (κ2) is 11.7. The van der Waals surface area contributed by atoms with Crippen LogP contribution in [0.5, 0.6) is 0 Å². The minimum absolute atomic E-state index is 0.0167. The van der Waals surface area contributed by atoms with Crippen LogP contribution in [-0.4, -0.2) is 36.0 Å². The number of alkyl carbamates (subject to hydrolysis) is 1. The van der Waals surface area contributed by atoms with Crippen LogP contribution in [0.3, 0.4) is 0 Å². The van der Waals surface area contributed by atoms with Gasteiger partial charge >= 0.3 is 18.0 Å². The molecule has 0 aromatic heterocycles. The van der Waals surface area contributed by atoms with Gasteiger partial charge in [0.05, 0.1) is 5.92 Å². The third-order valence-electron chi connectivity index (χ3n) is 3.70. The molecular formula is C17H31NO6. The minimum Gasteiger partial charge on any atom is -0.481 e. The fourth-order valence-electron chi connectivity index (χ4n) is 2.46. The van der Waals surface area contributed by atoms with Crippen LogP contribution in [-0.2, 0) is 19.1 Å². The van der Waals surface area contributed by atoms with Crippen molar-refractivity contribution in [1.82, 2.24) is 5.32 Å². The molecule has 0 saturated carbocycles. The molecule has 0 spiro atoms. The van der Waals surface area contributed by atoms with Gasteiger partial charge in [0.1, 0.15) is 0 Å². The standard InChI is InChI=1S/C17H31NO6/c1-6-13(8-11(3)4)9-14(16(20)21)10-18-17(22)24-12(5)23-15(19)7-2/h11-14H,6-10H2,1-5H3,(H,18,22)(H,20,21)/t12-,13-,14+/m1/s1. The topological polar surface area (TPSA) is 102 Å². The maximum Gasteiger partial charge on any atom is 0.410 e. The van der Waals surface area contributed by atoms with E-state index in [-0.39, 0.29) is 13.0 Å². The van der Waals surface area contributed by atoms with E-state index in [4.69, 9.17) is 9.47 Å². The highest BCUT2D eigenvalue weighted by Gasteiger charge is 2.24. The van der Waals surface area contributed by atoms with E-state index >= 15 is 0 Å². The van der Waals surface area contributed by atoms with Crippen molar-refractivity contribution in [2.75, 3.05) is 6.54 Å². The molecule has 0 aliphatic rings. The number of carbonyl (C=O) groups is 3. The second-order valence-corrected chi connectivity index (χ2v) is 6.37. The van der Waals surface area contributed by atoms with Crippen LogP contribution < -0.4 is 5.32 Å². The molecule has 24 heavy (non-hydrogen) atoms. The Morgan fingerprint density at radius 1 is 1.04 bits per heavy atom. The molecule has 1 amide bonds. The maximum atomic E-state index is 11.7. The number of amides is 1. The molecule has 0 radical (unpaired) electrons. The predicted molar refractivity (Wildman–Crippen MR) is 89.3 cm³/mol. The van der Waals surface area contributed by atoms with Crippen molar-refractivity contribution < 1.29 is 29.0 Å². The van der Waals surface area contributed by atoms with Gasteiger partial charge in [0.2, 0.25) is 6.29 Å². The van der Waals surface area contributed by atoms with E-state index in [1.54, 1.807) is 6.92 Å². The van der Waals surface area contributed by atoms with Crippen molar-refractivity contribution in [3.8, 4) is 0 Å². The molecule has 2 N–H and O–H groups in total. The summed E-state index contributed by atoms with van der Waals surface area (Å²) in [6, 6.07) is 0. The monoisotopic (exact) mass is 345 g/mol. The van der Waals surface area contributed by atoms with Gasteiger partial charge in [0.25, 0.3) is 0 Å². The summed E-state index contributed by atoms with van der Waals surface area (Å²) in [5, 5.41) is 11.8. The molecule has 7 heteroatoms. The van der Waals surface area contributed by atoms with Gasteiger partial charge in [-0.05, 0) is 24.7 Å². The van der Waals surface area contributed by atoms with Gasteiger partial charge in [0, 0.05) is 19.9 Å². The van der Waals surface area contributed by atoms with Crippen molar-refractivity contribution in [3.05, 3.63) is 0 Å². The lowest BCUT2D eigenvalue weighted by molar-refractivity contribution is -0.164. The van der Waals surface area contributed by atoms with Crippen LogP contribution in [0.15, 0.2) is 0 Å². The summed E-state index contributed by atoms with van der Waals surface area (Å²) in [4.78, 5) is 34.2. The first-order valence-electron chi connectivity index (χ1n) is 8.56. The van der Waals surface area contributed by atoms with Crippen molar-refractivity contribution in [1.29, 1.82) is 0 Å². The van der Waals surface area contributed by atoms with Crippen LogP contribution >= 0.6 is 0 Å². The highest BCUT2D eigenvalue weighted by atomic mass is 16.7. The van der Waals surface area contributed by atoms with Crippen molar-refractivity contribution >= 4 is 18.0 Å². The maximum absolute atomic E-state index is 11.7. The Balaban J connectivity index is 4.40. The molecule has 7 nitrogen and oxygen atoms in total. The first-order chi connectivity index (χ1) is 11.2. The van der Waals surface area contributed by atoms with Crippen molar-refractivity contribution in [2.24, 2.45) is 17.8 Å². The fraction of sp³-hybridized carbons (Fsp3) is 0.824. The zero-order chi connectivity index (χ0) is 18.7. The van der Waals surface area contributed by atoms with Gasteiger partial charge in [-0.3, -0.25) is 9.59 Å². The van der Waals surface area contributed by atoms with Gasteiger partial charge in [0.15, 0.2) is 0 Å². The first kappa shape index (κ1) is 22.2. The average Bonchev–Trinajstić information content (AvgIpc) is 2.48. The largest absolute Gasteiger partial charge is 0.481 e. The summed E-state index contributed by atoms with van der Waals surface area (Å²) in [7, 11) is 0. The van der Waals surface area contributed by atoms with Crippen LogP contribution in [0.25, 0.3) is 0 Å². The number of esters is 1. The van der Waals surface area contributed by atoms with Crippen molar-refractivity contribution in [2.45, 2.75) is 66.6 Å². The number of aliphatic carboxylic acids is 1. The van der Waals surface area contributed by atoms with Crippen LogP contribution in [0.1, 0.15) is 60.3 Å². The Morgan fingerprint density at radius 2 is 1.67 bits per heavy atom. The van der Waals surface area contributed by atoms with Gasteiger partial charge < -0.3 is 19.9 Å². The molecule has 0 unspecified atom stereocenters. The molecule has 0 saturated heterocycles. The highest BCUT2D eigenvalue weighted by Crippen LogP contribution is 2.23. The average molecular weight is 345 g/mol. The minimum atomic E-state index is -1.01. The van der Waals surface area contributed by atoms with Crippen LogP contribution in [0, 0.1) is 17.8 Å². The Labute approximate surface area is 144 Å². The fourth-order valence-corrected chi connectivity index (χ4v) is 2.46. The van der Waals surface area contributed by atoms with Gasteiger partial charge in [-0.2, -0.15) is 0 Å². The van der Waals surface area contributed by atoms with E-state index in [0.29, 0.717) is 18.3 Å². The summed E-state index contributed by atoms with van der Waals surface area (Å²) in [6.45, 7) is 9.29. The van der Waals surface area contributed by atoms with E-state index in [2.05, 4.69) is 19.2 Å². The number of hydrogen-bond donors (Lipinski definition) is 2. The summed E-state index contributed by atoms with van der Waals surface area (Å²) in [5.41, 5.74) is 0. The molecule has 0 bridgehead atoms. The van der Waals surface area contributed by atoms with E-state index in [1.165, 1.54) is 6.92 Å². The first-order valence-corrected chi connectivity index (χ1v) is 8.56. The lowest BCUT2D eigenvalue weighted by Crippen LogP contribution is -2.36. The number of ether oxygens (including phenoxy) is 2. The van der Waals surface area contributed by atoms with E-state index in [9.17, 15) is 19.5 Å². The second-order valence-electron chi connectivity index (χ2n) is 6.37. The molecule has 0 heterocycles.